The number of ether oxygens (including phenoxy) is 3. The van der Waals surface area contributed by atoms with E-state index in [1.165, 1.54) is 48.5 Å². The van der Waals surface area contributed by atoms with E-state index in [0.717, 1.165) is 0 Å². The summed E-state index contributed by atoms with van der Waals surface area (Å²) in [4.78, 5) is 13.1. The molecule has 0 spiro atoms. The topological polar surface area (TPSA) is 110 Å². The van der Waals surface area contributed by atoms with E-state index in [-0.39, 0.29) is 37.9 Å². The Morgan fingerprint density at radius 1 is 0.674 bits per heavy atom. The Labute approximate surface area is 264 Å². The number of aliphatic hydroxyl groups is 1. The van der Waals surface area contributed by atoms with Crippen molar-refractivity contribution in [2.24, 2.45) is 0 Å². The monoisotopic (exact) mass is 652 g/mol. The van der Waals surface area contributed by atoms with Gasteiger partial charge in [-0.2, -0.15) is 0 Å². The first-order valence-corrected chi connectivity index (χ1v) is 15.7. The molecule has 46 heavy (non-hydrogen) atoms. The lowest BCUT2D eigenvalue weighted by Crippen LogP contribution is -2.35. The zero-order valence-corrected chi connectivity index (χ0v) is 25.4. The van der Waals surface area contributed by atoms with Gasteiger partial charge in [-0.25, -0.2) is 18.1 Å². The Morgan fingerprint density at radius 2 is 1.13 bits per heavy atom. The van der Waals surface area contributed by atoms with E-state index in [4.69, 9.17) is 27.8 Å². The lowest BCUT2D eigenvalue weighted by molar-refractivity contribution is -0.148. The SMILES string of the molecule is O=C1O[C@H]([C@H](CO)OP(=O)(OCc2ccccc2)OCc2ccccc2)C(OCc2ccc(F)cc2)=C1OCc1ccc(F)cc1. The quantitative estimate of drug-likeness (QED) is 0.104. The zero-order chi connectivity index (χ0) is 32.4. The van der Waals surface area contributed by atoms with Crippen molar-refractivity contribution < 1.29 is 51.0 Å². The van der Waals surface area contributed by atoms with Gasteiger partial charge in [-0.1, -0.05) is 84.9 Å². The van der Waals surface area contributed by atoms with Gasteiger partial charge in [0.15, 0.2) is 11.9 Å². The van der Waals surface area contributed by atoms with Gasteiger partial charge >= 0.3 is 13.8 Å². The van der Waals surface area contributed by atoms with E-state index >= 15 is 0 Å². The smallest absolute Gasteiger partial charge is 0.475 e. The van der Waals surface area contributed by atoms with Gasteiger partial charge in [-0.05, 0) is 46.5 Å². The second-order valence-electron chi connectivity index (χ2n) is 10.1. The van der Waals surface area contributed by atoms with Crippen LogP contribution in [-0.2, 0) is 63.6 Å². The van der Waals surface area contributed by atoms with Crippen LogP contribution >= 0.6 is 7.82 Å². The van der Waals surface area contributed by atoms with Crippen molar-refractivity contribution in [1.82, 2.24) is 0 Å². The summed E-state index contributed by atoms with van der Waals surface area (Å²) in [6.07, 6.45) is -2.92. The molecular formula is C34H31F2O9P. The third-order valence-corrected chi connectivity index (χ3v) is 8.17. The van der Waals surface area contributed by atoms with Crippen LogP contribution in [0.1, 0.15) is 22.3 Å². The van der Waals surface area contributed by atoms with Gasteiger partial charge in [0.25, 0.3) is 0 Å². The number of halogens is 2. The fourth-order valence-electron chi connectivity index (χ4n) is 4.36. The number of esters is 1. The van der Waals surface area contributed by atoms with E-state index < -0.39 is 44.2 Å². The number of phosphoric acid groups is 1. The van der Waals surface area contributed by atoms with Gasteiger partial charge in [0, 0.05) is 0 Å². The molecule has 0 saturated heterocycles. The molecule has 1 aliphatic heterocycles. The molecule has 5 rings (SSSR count). The zero-order valence-electron chi connectivity index (χ0n) is 24.5. The molecule has 1 heterocycles. The van der Waals surface area contributed by atoms with Gasteiger partial charge in [0.1, 0.15) is 31.0 Å². The van der Waals surface area contributed by atoms with E-state index in [9.17, 15) is 23.2 Å². The molecule has 0 radical (unpaired) electrons. The van der Waals surface area contributed by atoms with E-state index in [1.807, 2.05) is 12.1 Å². The lowest BCUT2D eigenvalue weighted by Gasteiger charge is -2.27. The molecule has 12 heteroatoms. The number of benzene rings is 4. The van der Waals surface area contributed by atoms with E-state index in [0.29, 0.717) is 22.3 Å². The van der Waals surface area contributed by atoms with Crippen molar-refractivity contribution in [3.63, 3.8) is 0 Å². The highest BCUT2D eigenvalue weighted by Crippen LogP contribution is 2.53. The van der Waals surface area contributed by atoms with Gasteiger partial charge in [-0.15, -0.1) is 0 Å². The molecule has 2 atom stereocenters. The number of phosphoric ester groups is 1. The summed E-state index contributed by atoms with van der Waals surface area (Å²) in [6.45, 7) is -1.38. The molecule has 0 saturated carbocycles. The minimum absolute atomic E-state index is 0.142. The molecule has 0 fully saturated rings. The maximum absolute atomic E-state index is 14.0. The molecule has 0 aliphatic carbocycles. The molecule has 4 aromatic rings. The van der Waals surface area contributed by atoms with Crippen molar-refractivity contribution in [2.45, 2.75) is 38.6 Å². The van der Waals surface area contributed by atoms with Gasteiger partial charge in [-0.3, -0.25) is 13.6 Å². The van der Waals surface area contributed by atoms with E-state index in [1.54, 1.807) is 48.5 Å². The first kappa shape index (κ1) is 33.0. The largest absolute Gasteiger partial charge is 0.485 e. The molecule has 0 amide bonds. The van der Waals surface area contributed by atoms with Crippen LogP contribution in [0, 0.1) is 11.6 Å². The van der Waals surface area contributed by atoms with Crippen LogP contribution in [-0.4, -0.2) is 29.9 Å². The summed E-state index contributed by atoms with van der Waals surface area (Å²) in [5.41, 5.74) is 2.46. The van der Waals surface area contributed by atoms with Crippen LogP contribution in [0.4, 0.5) is 8.78 Å². The van der Waals surface area contributed by atoms with Crippen molar-refractivity contribution in [1.29, 1.82) is 0 Å². The van der Waals surface area contributed by atoms with Crippen LogP contribution in [0.5, 0.6) is 0 Å². The molecule has 1 N–H and O–H groups in total. The number of cyclic esters (lactones) is 1. The number of hydrogen-bond acceptors (Lipinski definition) is 9. The second kappa shape index (κ2) is 15.8. The first-order chi connectivity index (χ1) is 22.3. The number of aliphatic hydroxyl groups excluding tert-OH is 1. The molecule has 0 unspecified atom stereocenters. The van der Waals surface area contributed by atoms with Crippen molar-refractivity contribution in [3.05, 3.63) is 155 Å². The Kier molecular flexibility index (Phi) is 11.3. The highest BCUT2D eigenvalue weighted by atomic mass is 31.2. The Balaban J connectivity index is 1.40. The normalized spacial score (nSPS) is 15.5. The fraction of sp³-hybridized carbons (Fsp3) is 0.206. The molecule has 4 aromatic carbocycles. The van der Waals surface area contributed by atoms with E-state index in [2.05, 4.69) is 0 Å². The Bertz CT molecular complexity index is 1600. The minimum atomic E-state index is -4.44. The minimum Gasteiger partial charge on any atom is -0.485 e. The molecule has 0 aromatic heterocycles. The maximum atomic E-state index is 14.0. The maximum Gasteiger partial charge on any atom is 0.475 e. The Morgan fingerprint density at radius 3 is 1.61 bits per heavy atom. The number of carbonyl (C=O) groups excluding carboxylic acids is 1. The van der Waals surface area contributed by atoms with Crippen LogP contribution < -0.4 is 0 Å². The molecule has 1 aliphatic rings. The number of rotatable bonds is 16. The van der Waals surface area contributed by atoms with Gasteiger partial charge < -0.3 is 19.3 Å². The summed E-state index contributed by atoms with van der Waals surface area (Å²) in [6, 6.07) is 28.7. The van der Waals surface area contributed by atoms with Crippen LogP contribution in [0.3, 0.4) is 0 Å². The van der Waals surface area contributed by atoms with Crippen molar-refractivity contribution >= 4 is 13.8 Å². The molecule has 9 nitrogen and oxygen atoms in total. The molecule has 240 valence electrons. The summed E-state index contributed by atoms with van der Waals surface area (Å²) < 4.78 is 75.3. The van der Waals surface area contributed by atoms with Gasteiger partial charge in [0.2, 0.25) is 5.76 Å². The van der Waals surface area contributed by atoms with Crippen LogP contribution in [0.2, 0.25) is 0 Å². The molecular weight excluding hydrogens is 621 g/mol. The predicted molar refractivity (Wildman–Crippen MR) is 161 cm³/mol. The average Bonchev–Trinajstić information content (AvgIpc) is 3.40. The highest BCUT2D eigenvalue weighted by molar-refractivity contribution is 7.48. The number of hydrogen-bond donors (Lipinski definition) is 1. The highest BCUT2D eigenvalue weighted by Gasteiger charge is 2.46. The first-order valence-electron chi connectivity index (χ1n) is 14.3. The van der Waals surface area contributed by atoms with Crippen molar-refractivity contribution in [2.75, 3.05) is 6.61 Å². The average molecular weight is 653 g/mol. The van der Waals surface area contributed by atoms with Gasteiger partial charge in [0.05, 0.1) is 19.8 Å². The fourth-order valence-corrected chi connectivity index (χ4v) is 5.68. The second-order valence-corrected chi connectivity index (χ2v) is 11.8. The predicted octanol–water partition coefficient (Wildman–Crippen LogP) is 6.75. The Hall–Kier alpha value is -4.38. The van der Waals surface area contributed by atoms with Crippen LogP contribution in [0.15, 0.2) is 121 Å². The molecule has 0 bridgehead atoms. The lowest BCUT2D eigenvalue weighted by atomic mass is 10.1. The summed E-state index contributed by atoms with van der Waals surface area (Å²) >= 11 is 0. The standard InChI is InChI=1S/C34H31F2O9P/c35-28-15-11-26(12-16-28)20-40-32-31(44-34(38)33(32)41-21-27-13-17-29(36)18-14-27)30(19-37)45-46(39,42-22-24-7-3-1-4-8-24)43-23-25-9-5-2-6-10-25/h1-18,30-31,37H,19-23H2/t30-,31+/m0/s1. The summed E-state index contributed by atoms with van der Waals surface area (Å²) in [5.74, 6) is -2.31. The number of carbonyl (C=O) groups is 1. The summed E-state index contributed by atoms with van der Waals surface area (Å²) in [7, 11) is -4.44. The van der Waals surface area contributed by atoms with Crippen molar-refractivity contribution in [3.8, 4) is 0 Å². The third-order valence-electron chi connectivity index (χ3n) is 6.75. The summed E-state index contributed by atoms with van der Waals surface area (Å²) in [5, 5.41) is 10.4. The van der Waals surface area contributed by atoms with Crippen LogP contribution in [0.25, 0.3) is 0 Å². The third kappa shape index (κ3) is 9.09.